The van der Waals surface area contributed by atoms with Crippen LogP contribution in [0.3, 0.4) is 0 Å². The zero-order chi connectivity index (χ0) is 21.3. The molecule has 6 aliphatic rings. The average molecular weight is 429 g/mol. The Morgan fingerprint density at radius 2 is 1.90 bits per heavy atom. The summed E-state index contributed by atoms with van der Waals surface area (Å²) < 4.78 is 25.0. The van der Waals surface area contributed by atoms with E-state index in [2.05, 4.69) is 4.98 Å². The van der Waals surface area contributed by atoms with Gasteiger partial charge in [-0.15, -0.1) is 0 Å². The van der Waals surface area contributed by atoms with E-state index < -0.39 is 30.5 Å². The monoisotopic (exact) mass is 429 g/mol. The third kappa shape index (κ3) is 3.08. The molecule has 4 saturated carbocycles. The molecule has 4 atom stereocenters. The van der Waals surface area contributed by atoms with Crippen molar-refractivity contribution >= 4 is 11.9 Å². The molecule has 4 aliphatic carbocycles. The van der Waals surface area contributed by atoms with Gasteiger partial charge in [0.1, 0.15) is 12.7 Å². The van der Waals surface area contributed by atoms with E-state index in [1.165, 1.54) is 26.2 Å². The third-order valence-electron chi connectivity index (χ3n) is 7.78. The van der Waals surface area contributed by atoms with E-state index in [4.69, 9.17) is 24.4 Å². The summed E-state index contributed by atoms with van der Waals surface area (Å²) in [4.78, 5) is 29.0. The minimum Gasteiger partial charge on any atom is -0.462 e. The van der Waals surface area contributed by atoms with Gasteiger partial charge >= 0.3 is 17.9 Å². The molecule has 1 aromatic rings. The van der Waals surface area contributed by atoms with Gasteiger partial charge in [-0.2, -0.15) is 4.98 Å². The summed E-state index contributed by atoms with van der Waals surface area (Å²) in [5, 5.41) is 7.67. The highest BCUT2D eigenvalue weighted by molar-refractivity contribution is 5.77. The van der Waals surface area contributed by atoms with Crippen molar-refractivity contribution in [1.82, 2.24) is 9.55 Å². The highest BCUT2D eigenvalue weighted by atomic mass is 16.7. The molecule has 0 aromatic carbocycles. The van der Waals surface area contributed by atoms with Crippen molar-refractivity contribution < 1.29 is 28.5 Å². The Balaban J connectivity index is 1.18. The second kappa shape index (κ2) is 6.79. The van der Waals surface area contributed by atoms with Crippen LogP contribution in [0.5, 0.6) is 6.01 Å². The molecule has 1 N–H and O–H groups in total. The van der Waals surface area contributed by atoms with Crippen LogP contribution in [-0.4, -0.2) is 46.4 Å². The second-order valence-corrected chi connectivity index (χ2v) is 10.0. The first-order valence-corrected chi connectivity index (χ1v) is 11.2. The maximum Gasteiger partial charge on any atom is 0.312 e. The van der Waals surface area contributed by atoms with Crippen LogP contribution in [0.4, 0.5) is 0 Å². The van der Waals surface area contributed by atoms with Crippen LogP contribution >= 0.6 is 0 Å². The van der Waals surface area contributed by atoms with E-state index in [1.54, 1.807) is 16.8 Å². The summed E-state index contributed by atoms with van der Waals surface area (Å²) in [6.07, 6.45) is 5.80. The molecule has 31 heavy (non-hydrogen) atoms. The Hall–Kier alpha value is -2.42. The lowest BCUT2D eigenvalue weighted by Crippen LogP contribution is -2.51. The number of hydrogen-bond acceptors (Lipinski definition) is 8. The van der Waals surface area contributed by atoms with Crippen molar-refractivity contribution in [2.24, 2.45) is 23.2 Å². The molecule has 4 bridgehead atoms. The van der Waals surface area contributed by atoms with Gasteiger partial charge in [0.05, 0.1) is 5.41 Å². The van der Waals surface area contributed by atoms with Crippen LogP contribution in [0.2, 0.25) is 0 Å². The number of ether oxygens (including phenoxy) is 4. The summed E-state index contributed by atoms with van der Waals surface area (Å²) in [6, 6.07) is 1.79. The Labute approximate surface area is 179 Å². The Morgan fingerprint density at radius 3 is 2.55 bits per heavy atom. The van der Waals surface area contributed by atoms with E-state index in [1.807, 2.05) is 0 Å². The van der Waals surface area contributed by atoms with E-state index >= 15 is 0 Å². The number of esters is 2. The fourth-order valence-corrected chi connectivity index (χ4v) is 7.01. The number of hydrogen-bond donors (Lipinski definition) is 1. The number of fused-ring (bicyclic) bond motifs is 3. The molecule has 2 aliphatic heterocycles. The van der Waals surface area contributed by atoms with E-state index in [0.717, 1.165) is 19.3 Å². The van der Waals surface area contributed by atoms with Gasteiger partial charge in [-0.25, -0.2) is 0 Å². The second-order valence-electron chi connectivity index (χ2n) is 10.0. The topological polar surface area (TPSA) is 113 Å². The maximum absolute atomic E-state index is 13.2. The van der Waals surface area contributed by atoms with Crippen molar-refractivity contribution in [2.75, 3.05) is 6.61 Å². The summed E-state index contributed by atoms with van der Waals surface area (Å²) in [7, 11) is 0. The van der Waals surface area contributed by atoms with Crippen LogP contribution in [-0.2, 0) is 23.8 Å². The lowest BCUT2D eigenvalue weighted by molar-refractivity contribution is -0.178. The summed E-state index contributed by atoms with van der Waals surface area (Å²) >= 11 is 0. The first-order valence-electron chi connectivity index (χ1n) is 11.2. The first-order chi connectivity index (χ1) is 14.9. The number of carbonyl (C=O) groups is 2. The van der Waals surface area contributed by atoms with Gasteiger partial charge in [-0.3, -0.25) is 19.6 Å². The lowest BCUT2D eigenvalue weighted by atomic mass is 9.49. The first kappa shape index (κ1) is 19.3. The van der Waals surface area contributed by atoms with Gasteiger partial charge in [0.25, 0.3) is 0 Å². The number of aromatic nitrogens is 2. The molecule has 3 heterocycles. The zero-order valence-electron chi connectivity index (χ0n) is 17.5. The van der Waals surface area contributed by atoms with Gasteiger partial charge in [0.2, 0.25) is 0 Å². The smallest absolute Gasteiger partial charge is 0.312 e. The quantitative estimate of drug-likeness (QED) is 0.725. The lowest BCUT2D eigenvalue weighted by Gasteiger charge is -2.55. The largest absolute Gasteiger partial charge is 0.462 e. The molecule has 0 spiro atoms. The molecule has 166 valence electrons. The molecule has 9 nitrogen and oxygen atoms in total. The van der Waals surface area contributed by atoms with Gasteiger partial charge in [-0.1, -0.05) is 0 Å². The van der Waals surface area contributed by atoms with Crippen LogP contribution in [0.15, 0.2) is 12.3 Å². The van der Waals surface area contributed by atoms with Crippen molar-refractivity contribution in [1.29, 1.82) is 5.41 Å². The molecule has 0 amide bonds. The zero-order valence-corrected chi connectivity index (χ0v) is 17.5. The normalized spacial score (nSPS) is 41.4. The number of carbonyl (C=O) groups excluding carboxylic acids is 2. The van der Waals surface area contributed by atoms with E-state index in [0.29, 0.717) is 17.8 Å². The molecule has 5 fully saturated rings. The number of rotatable bonds is 4. The molecule has 1 aromatic heterocycles. The molecule has 7 rings (SSSR count). The molecular formula is C22H27N3O6. The van der Waals surface area contributed by atoms with Crippen LogP contribution < -0.4 is 10.2 Å². The predicted molar refractivity (Wildman–Crippen MR) is 104 cm³/mol. The van der Waals surface area contributed by atoms with Crippen molar-refractivity contribution in [3.05, 3.63) is 17.8 Å². The van der Waals surface area contributed by atoms with E-state index in [9.17, 15) is 9.59 Å². The molecule has 0 unspecified atom stereocenters. The number of nitrogens with one attached hydrogen (secondary N) is 1. The standard InChI is InChI=1S/C22H27N3O6/c1-11(26)29-17-15(30-19-18(17)31-21-24-16(23)2-3-25(19)21)10-28-20(27)22-7-12-4-13(8-22)6-14(5-12)9-22/h2-3,12-15,17-19,23H,4-10H2,1H3/t12?,13?,14?,15-,17-,18+,19-,22?/m1/s1. The maximum atomic E-state index is 13.2. The summed E-state index contributed by atoms with van der Waals surface area (Å²) in [5.74, 6) is 1.40. The fourth-order valence-electron chi connectivity index (χ4n) is 7.01. The summed E-state index contributed by atoms with van der Waals surface area (Å²) in [5.41, 5.74) is -0.261. The van der Waals surface area contributed by atoms with Crippen molar-refractivity contribution in [2.45, 2.75) is 70.0 Å². The molecule has 9 heteroatoms. The predicted octanol–water partition coefficient (Wildman–Crippen LogP) is 1.71. The van der Waals surface area contributed by atoms with Crippen LogP contribution in [0, 0.1) is 28.6 Å². The van der Waals surface area contributed by atoms with E-state index in [-0.39, 0.29) is 29.5 Å². The van der Waals surface area contributed by atoms with Gasteiger partial charge in [0.15, 0.2) is 23.9 Å². The Morgan fingerprint density at radius 1 is 1.23 bits per heavy atom. The molecular weight excluding hydrogens is 402 g/mol. The Kier molecular flexibility index (Phi) is 4.22. The summed E-state index contributed by atoms with van der Waals surface area (Å²) in [6.45, 7) is 1.36. The SMILES string of the molecule is CC(=O)O[C@H]1[C@@H]2Oc3nc(=N)ccn3[C@@H]2O[C@@H]1COC(=O)C12CC3CC(CC(C3)C1)C2. The van der Waals surface area contributed by atoms with Crippen molar-refractivity contribution in [3.63, 3.8) is 0 Å². The minimum atomic E-state index is -0.720. The highest BCUT2D eigenvalue weighted by Crippen LogP contribution is 2.60. The van der Waals surface area contributed by atoms with Crippen LogP contribution in [0.1, 0.15) is 51.7 Å². The fraction of sp³-hybridized carbons (Fsp3) is 0.727. The van der Waals surface area contributed by atoms with Gasteiger partial charge in [-0.05, 0) is 62.3 Å². The number of nitrogens with zero attached hydrogens (tertiary/aromatic N) is 2. The van der Waals surface area contributed by atoms with Crippen molar-refractivity contribution in [3.8, 4) is 6.01 Å². The van der Waals surface area contributed by atoms with Gasteiger partial charge < -0.3 is 18.9 Å². The average Bonchev–Trinajstić information content (AvgIpc) is 3.20. The third-order valence-corrected chi connectivity index (χ3v) is 7.78. The highest BCUT2D eigenvalue weighted by Gasteiger charge is 2.57. The Bertz CT molecular complexity index is 954. The minimum absolute atomic E-state index is 0.0226. The van der Waals surface area contributed by atoms with Gasteiger partial charge in [0, 0.05) is 13.1 Å². The molecule has 0 radical (unpaired) electrons. The van der Waals surface area contributed by atoms with Crippen LogP contribution in [0.25, 0.3) is 0 Å². The molecule has 1 saturated heterocycles.